The Morgan fingerprint density at radius 2 is 1.48 bits per heavy atom. The SMILES string of the molecule is O=C(c1ccc(Br)cc1)c1cc[n+](Cc2ccc([N+](=O)[O-])cc2)cc1. The van der Waals surface area contributed by atoms with Crippen LogP contribution < -0.4 is 4.57 Å². The normalized spacial score (nSPS) is 10.4. The fraction of sp³-hybridized carbons (Fsp3) is 0.0526. The van der Waals surface area contributed by atoms with E-state index in [-0.39, 0.29) is 11.5 Å². The summed E-state index contributed by atoms with van der Waals surface area (Å²) in [4.78, 5) is 22.7. The molecule has 0 aliphatic rings. The number of pyridine rings is 1. The summed E-state index contributed by atoms with van der Waals surface area (Å²) in [5, 5.41) is 10.7. The molecule has 2 aromatic carbocycles. The molecule has 6 heteroatoms. The van der Waals surface area contributed by atoms with Crippen LogP contribution >= 0.6 is 15.9 Å². The molecule has 0 bridgehead atoms. The van der Waals surface area contributed by atoms with Gasteiger partial charge in [0, 0.05) is 45.4 Å². The molecule has 0 N–H and O–H groups in total. The fourth-order valence-electron chi connectivity index (χ4n) is 2.42. The van der Waals surface area contributed by atoms with Crippen LogP contribution in [0.4, 0.5) is 5.69 Å². The summed E-state index contributed by atoms with van der Waals surface area (Å²) in [5.41, 5.74) is 2.27. The van der Waals surface area contributed by atoms with Crippen LogP contribution in [-0.4, -0.2) is 10.7 Å². The largest absolute Gasteiger partial charge is 0.289 e. The molecule has 1 aromatic heterocycles. The van der Waals surface area contributed by atoms with Crippen molar-refractivity contribution in [3.8, 4) is 0 Å². The highest BCUT2D eigenvalue weighted by atomic mass is 79.9. The molecule has 0 radical (unpaired) electrons. The van der Waals surface area contributed by atoms with Crippen molar-refractivity contribution in [2.75, 3.05) is 0 Å². The van der Waals surface area contributed by atoms with E-state index in [0.717, 1.165) is 10.0 Å². The molecule has 0 fully saturated rings. The number of hydrogen-bond donors (Lipinski definition) is 0. The highest BCUT2D eigenvalue weighted by Crippen LogP contribution is 2.14. The molecule has 0 aliphatic heterocycles. The number of carbonyl (C=O) groups excluding carboxylic acids is 1. The van der Waals surface area contributed by atoms with E-state index in [1.54, 1.807) is 36.4 Å². The highest BCUT2D eigenvalue weighted by Gasteiger charge is 2.12. The predicted octanol–water partition coefficient (Wildman–Crippen LogP) is 3.92. The van der Waals surface area contributed by atoms with Crippen LogP contribution in [0.3, 0.4) is 0 Å². The van der Waals surface area contributed by atoms with Crippen LogP contribution in [0.15, 0.2) is 77.5 Å². The zero-order chi connectivity index (χ0) is 17.8. The molecule has 3 aromatic rings. The van der Waals surface area contributed by atoms with Gasteiger partial charge in [0.1, 0.15) is 0 Å². The molecule has 1 heterocycles. The van der Waals surface area contributed by atoms with Gasteiger partial charge in [-0.2, -0.15) is 0 Å². The van der Waals surface area contributed by atoms with Crippen LogP contribution in [0, 0.1) is 10.1 Å². The second kappa shape index (κ2) is 7.36. The quantitative estimate of drug-likeness (QED) is 0.283. The molecule has 0 amide bonds. The predicted molar refractivity (Wildman–Crippen MR) is 96.4 cm³/mol. The number of nitrogens with zero attached hydrogens (tertiary/aromatic N) is 2. The Bertz CT molecular complexity index is 905. The van der Waals surface area contributed by atoms with Crippen molar-refractivity contribution in [1.82, 2.24) is 0 Å². The minimum Gasteiger partial charge on any atom is -0.289 e. The summed E-state index contributed by atoms with van der Waals surface area (Å²) in [5.74, 6) is -0.0324. The van der Waals surface area contributed by atoms with Gasteiger partial charge in [0.2, 0.25) is 0 Å². The van der Waals surface area contributed by atoms with Gasteiger partial charge in [0.25, 0.3) is 5.69 Å². The summed E-state index contributed by atoms with van der Waals surface area (Å²) in [6, 6.07) is 17.2. The molecular weight excluding hydrogens is 384 g/mol. The summed E-state index contributed by atoms with van der Waals surface area (Å²) in [6.45, 7) is 0.574. The van der Waals surface area contributed by atoms with Gasteiger partial charge in [-0.15, -0.1) is 0 Å². The number of hydrogen-bond acceptors (Lipinski definition) is 3. The Hall–Kier alpha value is -2.86. The lowest BCUT2D eigenvalue weighted by Gasteiger charge is -2.02. The first kappa shape index (κ1) is 17.0. The fourth-order valence-corrected chi connectivity index (χ4v) is 2.68. The van der Waals surface area contributed by atoms with Gasteiger partial charge < -0.3 is 0 Å². The Labute approximate surface area is 152 Å². The van der Waals surface area contributed by atoms with Gasteiger partial charge in [-0.3, -0.25) is 14.9 Å². The second-order valence-electron chi connectivity index (χ2n) is 5.52. The molecule has 124 valence electrons. The molecule has 3 rings (SSSR count). The number of nitro benzene ring substituents is 1. The van der Waals surface area contributed by atoms with E-state index in [1.165, 1.54) is 12.1 Å². The third-order valence-electron chi connectivity index (χ3n) is 3.77. The molecule has 0 aliphatic carbocycles. The summed E-state index contributed by atoms with van der Waals surface area (Å²) < 4.78 is 2.84. The van der Waals surface area contributed by atoms with E-state index in [9.17, 15) is 14.9 Å². The molecule has 25 heavy (non-hydrogen) atoms. The second-order valence-corrected chi connectivity index (χ2v) is 6.43. The minimum absolute atomic E-state index is 0.0324. The molecule has 0 unspecified atom stereocenters. The number of nitro groups is 1. The smallest absolute Gasteiger partial charge is 0.269 e. The van der Waals surface area contributed by atoms with E-state index >= 15 is 0 Å². The van der Waals surface area contributed by atoms with Crippen LogP contribution in [0.25, 0.3) is 0 Å². The minimum atomic E-state index is -0.417. The molecule has 0 saturated heterocycles. The Morgan fingerprint density at radius 3 is 2.04 bits per heavy atom. The summed E-state index contributed by atoms with van der Waals surface area (Å²) >= 11 is 3.35. The average molecular weight is 398 g/mol. The van der Waals surface area contributed by atoms with Crippen molar-refractivity contribution in [3.05, 3.63) is 104 Å². The number of non-ortho nitro benzene ring substituents is 1. The number of carbonyl (C=O) groups is 1. The number of rotatable bonds is 5. The summed E-state index contributed by atoms with van der Waals surface area (Å²) in [6.07, 6.45) is 3.65. The maximum Gasteiger partial charge on any atom is 0.269 e. The third kappa shape index (κ3) is 4.16. The first-order valence-corrected chi connectivity index (χ1v) is 8.35. The van der Waals surface area contributed by atoms with Crippen molar-refractivity contribution < 1.29 is 14.3 Å². The standard InChI is InChI=1S/C19H14BrN2O3/c20-17-5-3-15(4-6-17)19(23)16-9-11-21(12-10-16)13-14-1-7-18(8-2-14)22(24)25/h1-12H,13H2/q+1. The molecular formula is C19H14BrN2O3+. The topological polar surface area (TPSA) is 64.1 Å². The van der Waals surface area contributed by atoms with E-state index < -0.39 is 4.92 Å². The lowest BCUT2D eigenvalue weighted by atomic mass is 10.0. The van der Waals surface area contributed by atoms with Crippen molar-refractivity contribution >= 4 is 27.4 Å². The maximum absolute atomic E-state index is 12.4. The molecule has 0 spiro atoms. The zero-order valence-electron chi connectivity index (χ0n) is 13.1. The highest BCUT2D eigenvalue weighted by molar-refractivity contribution is 9.10. The van der Waals surface area contributed by atoms with Crippen molar-refractivity contribution in [2.45, 2.75) is 6.54 Å². The van der Waals surface area contributed by atoms with Crippen LogP contribution in [0.1, 0.15) is 21.5 Å². The van der Waals surface area contributed by atoms with E-state index in [4.69, 9.17) is 0 Å². The monoisotopic (exact) mass is 397 g/mol. The van der Waals surface area contributed by atoms with Gasteiger partial charge in [0.15, 0.2) is 24.7 Å². The number of ketones is 1. The van der Waals surface area contributed by atoms with Crippen molar-refractivity contribution in [1.29, 1.82) is 0 Å². The van der Waals surface area contributed by atoms with Crippen molar-refractivity contribution in [2.24, 2.45) is 0 Å². The van der Waals surface area contributed by atoms with E-state index in [2.05, 4.69) is 15.9 Å². The van der Waals surface area contributed by atoms with Gasteiger partial charge >= 0.3 is 0 Å². The zero-order valence-corrected chi connectivity index (χ0v) is 14.7. The number of halogens is 1. The lowest BCUT2D eigenvalue weighted by Crippen LogP contribution is -2.33. The van der Waals surface area contributed by atoms with Crippen molar-refractivity contribution in [3.63, 3.8) is 0 Å². The first-order valence-electron chi connectivity index (χ1n) is 7.55. The maximum atomic E-state index is 12.4. The van der Waals surface area contributed by atoms with E-state index in [1.807, 2.05) is 29.1 Å². The van der Waals surface area contributed by atoms with Crippen LogP contribution in [0.2, 0.25) is 0 Å². The molecule has 5 nitrogen and oxygen atoms in total. The van der Waals surface area contributed by atoms with Crippen LogP contribution in [0.5, 0.6) is 0 Å². The first-order chi connectivity index (χ1) is 12.0. The van der Waals surface area contributed by atoms with Gasteiger partial charge in [-0.05, 0) is 36.4 Å². The molecule has 0 saturated carbocycles. The van der Waals surface area contributed by atoms with Crippen LogP contribution in [-0.2, 0) is 6.54 Å². The Kier molecular flexibility index (Phi) is 5.00. The third-order valence-corrected chi connectivity index (χ3v) is 4.30. The Morgan fingerprint density at radius 1 is 0.920 bits per heavy atom. The number of aromatic nitrogens is 1. The number of benzene rings is 2. The Balaban J connectivity index is 1.72. The van der Waals surface area contributed by atoms with Gasteiger partial charge in [-0.25, -0.2) is 4.57 Å². The van der Waals surface area contributed by atoms with Gasteiger partial charge in [-0.1, -0.05) is 15.9 Å². The lowest BCUT2D eigenvalue weighted by molar-refractivity contribution is -0.688. The average Bonchev–Trinajstić information content (AvgIpc) is 2.63. The molecule has 0 atom stereocenters. The summed E-state index contributed by atoms with van der Waals surface area (Å²) in [7, 11) is 0. The van der Waals surface area contributed by atoms with Gasteiger partial charge in [0.05, 0.1) is 4.92 Å². The van der Waals surface area contributed by atoms with E-state index in [0.29, 0.717) is 17.7 Å².